The smallest absolute Gasteiger partial charge is 0.257 e. The molecule has 7 nitrogen and oxygen atoms in total. The van der Waals surface area contributed by atoms with Gasteiger partial charge < -0.3 is 20.1 Å². The molecule has 1 amide bonds. The van der Waals surface area contributed by atoms with Crippen molar-refractivity contribution in [2.24, 2.45) is 7.05 Å². The molecule has 3 N–H and O–H groups in total. The number of pyridine rings is 1. The maximum atomic E-state index is 13.1. The summed E-state index contributed by atoms with van der Waals surface area (Å²) in [4.78, 5) is 29.6. The molecule has 4 aromatic rings. The molecule has 4 rings (SSSR count). The minimum absolute atomic E-state index is 0.0921. The lowest BCUT2D eigenvalue weighted by molar-refractivity contribution is 0.0949. The predicted octanol–water partition coefficient (Wildman–Crippen LogP) is 4.05. The van der Waals surface area contributed by atoms with Gasteiger partial charge in [-0.05, 0) is 48.5 Å². The second-order valence-electron chi connectivity index (χ2n) is 8.53. The highest BCUT2D eigenvalue weighted by Crippen LogP contribution is 2.25. The van der Waals surface area contributed by atoms with Gasteiger partial charge in [0.15, 0.2) is 0 Å². The lowest BCUT2D eigenvalue weighted by Crippen LogP contribution is -2.29. The largest absolute Gasteiger partial charge is 0.508 e. The van der Waals surface area contributed by atoms with Crippen LogP contribution in [0.5, 0.6) is 5.75 Å². The van der Waals surface area contributed by atoms with Crippen LogP contribution in [-0.4, -0.2) is 39.2 Å². The van der Waals surface area contributed by atoms with Crippen molar-refractivity contribution < 1.29 is 15.0 Å². The number of carbonyl (C=O) groups is 1. The predicted molar refractivity (Wildman–Crippen MR) is 139 cm³/mol. The third-order valence-corrected chi connectivity index (χ3v) is 7.16. The highest BCUT2D eigenvalue weighted by Gasteiger charge is 2.18. The molecule has 0 saturated carbocycles. The molecule has 0 aliphatic carbocycles. The normalized spacial score (nSPS) is 12.3. The average molecular weight is 512 g/mol. The average Bonchev–Trinajstić information content (AvgIpc) is 3.25. The van der Waals surface area contributed by atoms with Crippen LogP contribution in [0.1, 0.15) is 32.5 Å². The summed E-state index contributed by atoms with van der Waals surface area (Å²) in [7, 11) is 3.71. The van der Waals surface area contributed by atoms with Gasteiger partial charge in [-0.1, -0.05) is 35.9 Å². The fraction of sp³-hybridized carbons (Fsp3) is 0.231. The second-order valence-corrected chi connectivity index (χ2v) is 10.1. The Balaban J connectivity index is 1.47. The maximum Gasteiger partial charge on any atom is 0.257 e. The van der Waals surface area contributed by atoms with E-state index in [1.54, 1.807) is 47.2 Å². The van der Waals surface area contributed by atoms with Gasteiger partial charge in [0.25, 0.3) is 5.91 Å². The van der Waals surface area contributed by atoms with Gasteiger partial charge in [-0.25, -0.2) is 0 Å². The number of amides is 1. The van der Waals surface area contributed by atoms with Gasteiger partial charge in [0, 0.05) is 42.8 Å². The van der Waals surface area contributed by atoms with Crippen LogP contribution < -0.4 is 10.7 Å². The van der Waals surface area contributed by atoms with E-state index in [1.807, 2.05) is 37.2 Å². The Morgan fingerprint density at radius 1 is 1.17 bits per heavy atom. The van der Waals surface area contributed by atoms with Crippen LogP contribution in [0.25, 0.3) is 10.2 Å². The van der Waals surface area contributed by atoms with Crippen LogP contribution in [0.4, 0.5) is 0 Å². The number of fused-ring (bicyclic) bond motifs is 1. The molecule has 0 aliphatic heterocycles. The van der Waals surface area contributed by atoms with Crippen LogP contribution in [0.3, 0.4) is 0 Å². The molecule has 0 spiro atoms. The third kappa shape index (κ3) is 5.91. The molecule has 0 fully saturated rings. The Morgan fingerprint density at radius 2 is 1.86 bits per heavy atom. The van der Waals surface area contributed by atoms with Gasteiger partial charge in [-0.15, -0.1) is 11.3 Å². The van der Waals surface area contributed by atoms with Gasteiger partial charge >= 0.3 is 0 Å². The lowest BCUT2D eigenvalue weighted by atomic mass is 10.1. The van der Waals surface area contributed by atoms with Gasteiger partial charge in [0.1, 0.15) is 16.1 Å². The summed E-state index contributed by atoms with van der Waals surface area (Å²) >= 11 is 7.39. The van der Waals surface area contributed by atoms with Crippen molar-refractivity contribution in [3.8, 4) is 5.75 Å². The zero-order valence-corrected chi connectivity index (χ0v) is 20.9. The SMILES string of the molecule is CN(Cc1cc2c(=O)c(C(=O)NCc3ccc(Cl)cc3)cn(C)c2s1)C[C@H](O)c1ccc(O)cc1. The maximum absolute atomic E-state index is 13.1. The molecule has 2 aromatic carbocycles. The number of thiophene rings is 1. The molecule has 2 heterocycles. The van der Waals surface area contributed by atoms with Crippen molar-refractivity contribution in [2.45, 2.75) is 19.2 Å². The number of phenols is 1. The van der Waals surface area contributed by atoms with Crippen LogP contribution >= 0.6 is 22.9 Å². The minimum atomic E-state index is -0.711. The van der Waals surface area contributed by atoms with Gasteiger partial charge in [-0.2, -0.15) is 0 Å². The van der Waals surface area contributed by atoms with Gasteiger partial charge in [0.2, 0.25) is 5.43 Å². The van der Waals surface area contributed by atoms with Gasteiger partial charge in [-0.3, -0.25) is 14.5 Å². The van der Waals surface area contributed by atoms with Crippen molar-refractivity contribution in [3.05, 3.63) is 97.6 Å². The number of halogens is 1. The number of phenolic OH excluding ortho intramolecular Hbond substituents is 1. The van der Waals surface area contributed by atoms with Crippen LogP contribution in [0.2, 0.25) is 5.02 Å². The molecule has 35 heavy (non-hydrogen) atoms. The van der Waals surface area contributed by atoms with E-state index in [0.29, 0.717) is 35.6 Å². The molecule has 0 aliphatic rings. The number of hydrogen-bond donors (Lipinski definition) is 3. The zero-order chi connectivity index (χ0) is 25.1. The number of carbonyl (C=O) groups excluding carboxylic acids is 1. The monoisotopic (exact) mass is 511 g/mol. The number of benzene rings is 2. The highest BCUT2D eigenvalue weighted by atomic mass is 35.5. The number of likely N-dealkylation sites (N-methyl/N-ethyl adjacent to an activating group) is 1. The molecule has 2 aromatic heterocycles. The fourth-order valence-electron chi connectivity index (χ4n) is 3.86. The summed E-state index contributed by atoms with van der Waals surface area (Å²) in [5.74, 6) is -0.275. The van der Waals surface area contributed by atoms with Crippen LogP contribution in [0.15, 0.2) is 65.6 Å². The topological polar surface area (TPSA) is 94.8 Å². The van der Waals surface area contributed by atoms with Crippen LogP contribution in [-0.2, 0) is 20.1 Å². The first-order valence-corrected chi connectivity index (χ1v) is 12.2. The first-order valence-electron chi connectivity index (χ1n) is 11.0. The van der Waals surface area contributed by atoms with Crippen LogP contribution in [0, 0.1) is 0 Å². The number of rotatable bonds is 8. The van der Waals surface area contributed by atoms with Crippen molar-refractivity contribution in [2.75, 3.05) is 13.6 Å². The molecular formula is C26H26ClN3O4S. The van der Waals surface area contributed by atoms with Crippen molar-refractivity contribution >= 4 is 39.1 Å². The van der Waals surface area contributed by atoms with E-state index in [0.717, 1.165) is 15.3 Å². The number of aryl methyl sites for hydroxylation is 1. The summed E-state index contributed by atoms with van der Waals surface area (Å²) in [6.45, 7) is 1.21. The summed E-state index contributed by atoms with van der Waals surface area (Å²) in [6, 6.07) is 15.4. The van der Waals surface area contributed by atoms with E-state index in [4.69, 9.17) is 11.6 Å². The Labute approximate surface area is 211 Å². The molecule has 182 valence electrons. The standard InChI is InChI=1S/C26H26ClN3O4S/c1-29(15-23(32)17-5-9-19(31)10-6-17)13-20-11-21-24(33)22(14-30(2)26(21)35-20)25(34)28-12-16-3-7-18(27)8-4-16/h3-11,14,23,31-32H,12-13,15H2,1-2H3,(H,28,34)/t23-/m0/s1. The molecule has 9 heteroatoms. The number of nitrogens with one attached hydrogen (secondary N) is 1. The Morgan fingerprint density at radius 3 is 2.54 bits per heavy atom. The van der Waals surface area contributed by atoms with E-state index >= 15 is 0 Å². The summed E-state index contributed by atoms with van der Waals surface area (Å²) in [5.41, 5.74) is 1.39. The number of hydrogen-bond acceptors (Lipinski definition) is 6. The van der Waals surface area contributed by atoms with Crippen molar-refractivity contribution in [3.63, 3.8) is 0 Å². The quantitative estimate of drug-likeness (QED) is 0.332. The Kier molecular flexibility index (Phi) is 7.57. The lowest BCUT2D eigenvalue weighted by Gasteiger charge is -2.20. The first kappa shape index (κ1) is 24.9. The summed E-state index contributed by atoms with van der Waals surface area (Å²) in [5, 5.41) is 23.9. The highest BCUT2D eigenvalue weighted by molar-refractivity contribution is 7.18. The van der Waals surface area contributed by atoms with E-state index in [1.165, 1.54) is 11.3 Å². The van der Waals surface area contributed by atoms with Crippen molar-refractivity contribution in [1.29, 1.82) is 0 Å². The number of aromatic nitrogens is 1. The number of aromatic hydroxyl groups is 1. The molecule has 0 unspecified atom stereocenters. The van der Waals surface area contributed by atoms with E-state index in [2.05, 4.69) is 5.32 Å². The number of aliphatic hydroxyl groups is 1. The molecule has 1 atom stereocenters. The zero-order valence-electron chi connectivity index (χ0n) is 19.4. The van der Waals surface area contributed by atoms with Crippen molar-refractivity contribution in [1.82, 2.24) is 14.8 Å². The van der Waals surface area contributed by atoms with Gasteiger partial charge in [0.05, 0.1) is 11.5 Å². The van der Waals surface area contributed by atoms with E-state index in [9.17, 15) is 19.8 Å². The number of aliphatic hydroxyl groups excluding tert-OH is 1. The molecule has 0 saturated heterocycles. The summed E-state index contributed by atoms with van der Waals surface area (Å²) in [6.07, 6.45) is 0.859. The van der Waals surface area contributed by atoms with E-state index < -0.39 is 12.0 Å². The molecule has 0 bridgehead atoms. The summed E-state index contributed by atoms with van der Waals surface area (Å²) < 4.78 is 1.80. The van der Waals surface area contributed by atoms with E-state index in [-0.39, 0.29) is 16.7 Å². The fourth-order valence-corrected chi connectivity index (χ4v) is 5.15. The first-order chi connectivity index (χ1) is 16.7. The molecule has 0 radical (unpaired) electrons. The second kappa shape index (κ2) is 10.6. The number of nitrogens with zero attached hydrogens (tertiary/aromatic N) is 2. The minimum Gasteiger partial charge on any atom is -0.508 e. The Hall–Kier alpha value is -3.17. The third-order valence-electron chi connectivity index (χ3n) is 5.70. The molecular weight excluding hydrogens is 486 g/mol. The Bertz CT molecular complexity index is 1400.